The van der Waals surface area contributed by atoms with Gasteiger partial charge in [0.2, 0.25) is 0 Å². The number of carbonyl (C=O) groups is 1. The van der Waals surface area contributed by atoms with Crippen LogP contribution in [0.3, 0.4) is 0 Å². The van der Waals surface area contributed by atoms with Crippen molar-refractivity contribution >= 4 is 5.97 Å². The highest BCUT2D eigenvalue weighted by atomic mass is 16.5. The number of carbonyl (C=O) groups excluding carboxylic acids is 1. The highest BCUT2D eigenvalue weighted by molar-refractivity contribution is 5.73. The van der Waals surface area contributed by atoms with Crippen molar-refractivity contribution in [2.45, 2.75) is 46.0 Å². The Morgan fingerprint density at radius 3 is 2.59 bits per heavy atom. The van der Waals surface area contributed by atoms with Gasteiger partial charge in [-0.3, -0.25) is 4.79 Å². The normalized spacial score (nSPS) is 22.6. The Morgan fingerprint density at radius 1 is 1.32 bits per heavy atom. The molecule has 1 aromatic rings. The topological polar surface area (TPSA) is 35.5 Å². The number of aryl methyl sites for hydroxylation is 1. The quantitative estimate of drug-likeness (QED) is 0.604. The van der Waals surface area contributed by atoms with Crippen LogP contribution in [-0.2, 0) is 14.9 Å². The summed E-state index contributed by atoms with van der Waals surface area (Å²) in [5, 5.41) is 0. The Bertz CT molecular complexity index is 586. The van der Waals surface area contributed by atoms with Crippen molar-refractivity contribution in [3.8, 4) is 5.75 Å². The summed E-state index contributed by atoms with van der Waals surface area (Å²) in [4.78, 5) is 12.3. The molecule has 3 heteroatoms. The first kappa shape index (κ1) is 16.6. The van der Waals surface area contributed by atoms with E-state index in [1.807, 2.05) is 19.1 Å². The average molecular weight is 302 g/mol. The van der Waals surface area contributed by atoms with Crippen molar-refractivity contribution in [2.24, 2.45) is 5.41 Å². The Hall–Kier alpha value is -1.77. The number of esters is 1. The van der Waals surface area contributed by atoms with Gasteiger partial charge in [-0.1, -0.05) is 43.7 Å². The lowest BCUT2D eigenvalue weighted by atomic mass is 9.61. The largest absolute Gasteiger partial charge is 0.496 e. The number of allylic oxidation sites excluding steroid dienone is 2. The third-order valence-corrected chi connectivity index (χ3v) is 4.80. The molecule has 0 saturated carbocycles. The van der Waals surface area contributed by atoms with E-state index in [2.05, 4.69) is 39.0 Å². The lowest BCUT2D eigenvalue weighted by Crippen LogP contribution is -2.40. The summed E-state index contributed by atoms with van der Waals surface area (Å²) in [6.45, 7) is 8.71. The molecule has 0 saturated heterocycles. The maximum Gasteiger partial charge on any atom is 0.307 e. The van der Waals surface area contributed by atoms with E-state index in [9.17, 15) is 4.79 Å². The SMILES string of the molecule is CCOC(=O)CC1(c2cc(C)ccc2OC)C=CCC1(C)C. The molecular formula is C19H26O3. The first-order valence-electron chi connectivity index (χ1n) is 7.85. The van der Waals surface area contributed by atoms with Crippen molar-refractivity contribution in [2.75, 3.05) is 13.7 Å². The van der Waals surface area contributed by atoms with E-state index in [1.54, 1.807) is 7.11 Å². The highest BCUT2D eigenvalue weighted by Gasteiger charge is 2.49. The minimum Gasteiger partial charge on any atom is -0.496 e. The number of hydrogen-bond acceptors (Lipinski definition) is 3. The van der Waals surface area contributed by atoms with E-state index < -0.39 is 5.41 Å². The molecule has 0 aromatic heterocycles. The van der Waals surface area contributed by atoms with Gasteiger partial charge in [-0.2, -0.15) is 0 Å². The van der Waals surface area contributed by atoms with Crippen molar-refractivity contribution in [3.63, 3.8) is 0 Å². The fourth-order valence-corrected chi connectivity index (χ4v) is 3.42. The molecule has 0 radical (unpaired) electrons. The fourth-order valence-electron chi connectivity index (χ4n) is 3.42. The van der Waals surface area contributed by atoms with Crippen LogP contribution in [0.4, 0.5) is 0 Å². The second-order valence-electron chi connectivity index (χ2n) is 6.65. The molecule has 3 nitrogen and oxygen atoms in total. The monoisotopic (exact) mass is 302 g/mol. The molecule has 0 spiro atoms. The van der Waals surface area contributed by atoms with Gasteiger partial charge < -0.3 is 9.47 Å². The summed E-state index contributed by atoms with van der Waals surface area (Å²) in [6, 6.07) is 6.15. The zero-order chi connectivity index (χ0) is 16.4. The summed E-state index contributed by atoms with van der Waals surface area (Å²) in [6.07, 6.45) is 5.61. The molecule has 0 amide bonds. The average Bonchev–Trinajstić information content (AvgIpc) is 2.75. The van der Waals surface area contributed by atoms with Crippen molar-refractivity contribution in [1.82, 2.24) is 0 Å². The van der Waals surface area contributed by atoms with Crippen LogP contribution in [0.2, 0.25) is 0 Å². The van der Waals surface area contributed by atoms with Crippen LogP contribution in [0.25, 0.3) is 0 Å². The van der Waals surface area contributed by atoms with Crippen LogP contribution < -0.4 is 4.74 Å². The molecule has 0 heterocycles. The predicted octanol–water partition coefficient (Wildman–Crippen LogP) is 4.18. The van der Waals surface area contributed by atoms with E-state index in [0.29, 0.717) is 13.0 Å². The molecule has 1 atom stereocenters. The Kier molecular flexibility index (Phi) is 4.64. The van der Waals surface area contributed by atoms with Crippen LogP contribution in [-0.4, -0.2) is 19.7 Å². The molecule has 0 bridgehead atoms. The molecule has 2 rings (SSSR count). The van der Waals surface area contributed by atoms with Gasteiger partial charge in [-0.05, 0) is 31.7 Å². The summed E-state index contributed by atoms with van der Waals surface area (Å²) in [5.74, 6) is 0.667. The van der Waals surface area contributed by atoms with Crippen LogP contribution in [0, 0.1) is 12.3 Å². The van der Waals surface area contributed by atoms with Gasteiger partial charge in [-0.15, -0.1) is 0 Å². The first-order valence-corrected chi connectivity index (χ1v) is 7.85. The Balaban J connectivity index is 2.57. The van der Waals surface area contributed by atoms with E-state index in [0.717, 1.165) is 23.3 Å². The maximum atomic E-state index is 12.3. The minimum atomic E-state index is -0.392. The number of hydrogen-bond donors (Lipinski definition) is 0. The molecule has 120 valence electrons. The standard InChI is InChI=1S/C19H26O3/c1-6-22-17(20)13-19(11-7-10-18(19,3)4)15-12-14(2)8-9-16(15)21-5/h7-9,11-12H,6,10,13H2,1-5H3. The van der Waals surface area contributed by atoms with Crippen molar-refractivity contribution in [3.05, 3.63) is 41.5 Å². The first-order chi connectivity index (χ1) is 10.4. The molecule has 0 N–H and O–H groups in total. The van der Waals surface area contributed by atoms with Crippen LogP contribution in [0.5, 0.6) is 5.75 Å². The summed E-state index contributed by atoms with van der Waals surface area (Å²) < 4.78 is 10.8. The Labute approximate surface area is 133 Å². The molecule has 1 unspecified atom stereocenters. The Morgan fingerprint density at radius 2 is 2.05 bits per heavy atom. The van der Waals surface area contributed by atoms with Gasteiger partial charge in [0.15, 0.2) is 0 Å². The minimum absolute atomic E-state index is 0.0686. The number of rotatable bonds is 5. The third-order valence-electron chi connectivity index (χ3n) is 4.80. The summed E-state index contributed by atoms with van der Waals surface area (Å²) >= 11 is 0. The molecule has 0 aliphatic heterocycles. The molecular weight excluding hydrogens is 276 g/mol. The highest BCUT2D eigenvalue weighted by Crippen LogP contribution is 2.54. The summed E-state index contributed by atoms with van der Waals surface area (Å²) in [5.41, 5.74) is 1.77. The molecule has 0 fully saturated rings. The van der Waals surface area contributed by atoms with Crippen LogP contribution in [0.1, 0.15) is 44.7 Å². The van der Waals surface area contributed by atoms with E-state index in [1.165, 1.54) is 0 Å². The molecule has 22 heavy (non-hydrogen) atoms. The fraction of sp³-hybridized carbons (Fsp3) is 0.526. The second-order valence-corrected chi connectivity index (χ2v) is 6.65. The van der Waals surface area contributed by atoms with Crippen molar-refractivity contribution < 1.29 is 14.3 Å². The van der Waals surface area contributed by atoms with E-state index in [4.69, 9.17) is 9.47 Å². The lowest BCUT2D eigenvalue weighted by Gasteiger charge is -2.41. The predicted molar refractivity (Wildman–Crippen MR) is 88.2 cm³/mol. The molecule has 1 aromatic carbocycles. The van der Waals surface area contributed by atoms with E-state index in [-0.39, 0.29) is 11.4 Å². The second kappa shape index (κ2) is 6.15. The van der Waals surface area contributed by atoms with E-state index >= 15 is 0 Å². The number of benzene rings is 1. The van der Waals surface area contributed by atoms with Crippen LogP contribution in [0.15, 0.2) is 30.4 Å². The van der Waals surface area contributed by atoms with Gasteiger partial charge >= 0.3 is 5.97 Å². The number of methoxy groups -OCH3 is 1. The maximum absolute atomic E-state index is 12.3. The lowest BCUT2D eigenvalue weighted by molar-refractivity contribution is -0.145. The molecule has 1 aliphatic rings. The van der Waals surface area contributed by atoms with Gasteiger partial charge in [0.1, 0.15) is 5.75 Å². The number of ether oxygens (including phenoxy) is 2. The molecule has 1 aliphatic carbocycles. The van der Waals surface area contributed by atoms with Gasteiger partial charge in [0, 0.05) is 11.0 Å². The zero-order valence-electron chi connectivity index (χ0n) is 14.2. The third kappa shape index (κ3) is 2.77. The zero-order valence-corrected chi connectivity index (χ0v) is 14.2. The summed E-state index contributed by atoms with van der Waals surface area (Å²) in [7, 11) is 1.68. The van der Waals surface area contributed by atoms with Crippen LogP contribution >= 0.6 is 0 Å². The van der Waals surface area contributed by atoms with Gasteiger partial charge in [0.05, 0.1) is 20.1 Å². The smallest absolute Gasteiger partial charge is 0.307 e. The van der Waals surface area contributed by atoms with Crippen molar-refractivity contribution in [1.29, 1.82) is 0 Å². The van der Waals surface area contributed by atoms with Gasteiger partial charge in [-0.25, -0.2) is 0 Å². The van der Waals surface area contributed by atoms with Gasteiger partial charge in [0.25, 0.3) is 0 Å².